The molecule has 3 atom stereocenters. The molecule has 0 aliphatic carbocycles. The zero-order chi connectivity index (χ0) is 28.0. The van der Waals surface area contributed by atoms with E-state index in [2.05, 4.69) is 21.3 Å². The van der Waals surface area contributed by atoms with Gasteiger partial charge in [0.2, 0.25) is 17.6 Å². The van der Waals surface area contributed by atoms with E-state index in [0.717, 1.165) is 11.8 Å². The number of furan rings is 1. The number of hydrogen-bond donors (Lipinski definition) is 4. The third-order valence-electron chi connectivity index (χ3n) is 6.24. The van der Waals surface area contributed by atoms with Crippen molar-refractivity contribution in [3.63, 3.8) is 0 Å². The fourth-order valence-corrected chi connectivity index (χ4v) is 4.44. The molecular formula is C28H38N4O6. The van der Waals surface area contributed by atoms with Gasteiger partial charge in [-0.25, -0.2) is 0 Å². The molecule has 1 aromatic carbocycles. The van der Waals surface area contributed by atoms with E-state index in [1.54, 1.807) is 39.0 Å². The molecule has 10 heteroatoms. The first-order valence-electron chi connectivity index (χ1n) is 13.1. The Balaban J connectivity index is 1.79. The van der Waals surface area contributed by atoms with Gasteiger partial charge in [0.05, 0.1) is 6.04 Å². The highest BCUT2D eigenvalue weighted by Gasteiger charge is 2.36. The van der Waals surface area contributed by atoms with Crippen LogP contribution < -0.4 is 21.3 Å². The van der Waals surface area contributed by atoms with Crippen molar-refractivity contribution in [1.82, 2.24) is 21.3 Å². The molecule has 0 spiro atoms. The molecule has 0 radical (unpaired) electrons. The summed E-state index contributed by atoms with van der Waals surface area (Å²) in [5, 5.41) is 11.5. The average molecular weight is 527 g/mol. The molecule has 2 aromatic rings. The monoisotopic (exact) mass is 526 g/mol. The number of hydrogen-bond acceptors (Lipinski definition) is 6. The topological polar surface area (TPSA) is 147 Å². The number of nitrogens with one attached hydrogen (secondary N) is 4. The van der Waals surface area contributed by atoms with Crippen LogP contribution in [0.3, 0.4) is 0 Å². The Hall–Kier alpha value is -3.69. The number of para-hydroxylation sites is 1. The summed E-state index contributed by atoms with van der Waals surface area (Å²) >= 11 is 0. The van der Waals surface area contributed by atoms with Crippen molar-refractivity contribution >= 4 is 40.4 Å². The van der Waals surface area contributed by atoms with E-state index in [4.69, 9.17) is 4.42 Å². The second-order valence-electron chi connectivity index (χ2n) is 11.3. The van der Waals surface area contributed by atoms with Crippen LogP contribution in [0.25, 0.3) is 11.0 Å². The van der Waals surface area contributed by atoms with Crippen LogP contribution in [0.2, 0.25) is 0 Å². The maximum absolute atomic E-state index is 13.4. The molecule has 10 nitrogen and oxygen atoms in total. The number of fused-ring (bicyclic) bond motifs is 1. The Morgan fingerprint density at radius 3 is 2.42 bits per heavy atom. The van der Waals surface area contributed by atoms with Crippen LogP contribution >= 0.6 is 0 Å². The number of piperidine rings is 1. The Morgan fingerprint density at radius 2 is 1.79 bits per heavy atom. The molecule has 0 bridgehead atoms. The molecule has 1 saturated heterocycles. The van der Waals surface area contributed by atoms with Gasteiger partial charge in [-0.05, 0) is 64.5 Å². The molecule has 1 aliphatic rings. The van der Waals surface area contributed by atoms with Crippen LogP contribution in [-0.2, 0) is 19.2 Å². The smallest absolute Gasteiger partial charge is 0.290 e. The molecule has 206 valence electrons. The van der Waals surface area contributed by atoms with Gasteiger partial charge in [-0.15, -0.1) is 0 Å². The van der Waals surface area contributed by atoms with Crippen molar-refractivity contribution < 1.29 is 28.4 Å². The number of carbonyl (C=O) groups is 5. The molecule has 1 aromatic heterocycles. The highest BCUT2D eigenvalue weighted by molar-refractivity contribution is 6.38. The lowest BCUT2D eigenvalue weighted by Gasteiger charge is -2.28. The lowest BCUT2D eigenvalue weighted by molar-refractivity contribution is -0.142. The molecular weight excluding hydrogens is 488 g/mol. The molecule has 0 unspecified atom stereocenters. The van der Waals surface area contributed by atoms with Crippen molar-refractivity contribution in [3.8, 4) is 0 Å². The number of benzene rings is 1. The zero-order valence-corrected chi connectivity index (χ0v) is 22.7. The van der Waals surface area contributed by atoms with Crippen LogP contribution in [0.15, 0.2) is 34.7 Å². The molecule has 4 N–H and O–H groups in total. The Bertz CT molecular complexity index is 1160. The third kappa shape index (κ3) is 7.90. The van der Waals surface area contributed by atoms with Crippen molar-refractivity contribution in [2.75, 3.05) is 6.54 Å². The highest BCUT2D eigenvalue weighted by atomic mass is 16.3. The van der Waals surface area contributed by atoms with Crippen molar-refractivity contribution in [2.24, 2.45) is 11.8 Å². The number of ketones is 1. The number of carbonyl (C=O) groups excluding carboxylic acids is 5. The van der Waals surface area contributed by atoms with E-state index in [9.17, 15) is 24.0 Å². The average Bonchev–Trinajstić information content (AvgIpc) is 3.27. The second-order valence-corrected chi connectivity index (χ2v) is 11.3. The fourth-order valence-electron chi connectivity index (χ4n) is 4.44. The minimum Gasteiger partial charge on any atom is -0.451 e. The summed E-state index contributed by atoms with van der Waals surface area (Å²) in [6.07, 6.45) is 1.56. The van der Waals surface area contributed by atoms with Gasteiger partial charge in [-0.2, -0.15) is 0 Å². The van der Waals surface area contributed by atoms with Crippen LogP contribution in [0.1, 0.15) is 70.9 Å². The minimum absolute atomic E-state index is 0.0140. The molecule has 4 amide bonds. The fraction of sp³-hybridized carbons (Fsp3) is 0.536. The van der Waals surface area contributed by atoms with Gasteiger partial charge in [0.15, 0.2) is 5.76 Å². The predicted octanol–water partition coefficient (Wildman–Crippen LogP) is 2.46. The standard InChI is InChI=1S/C28H38N4O6/c1-16(2)13-20(31-26(36)22-15-17-9-6-7-11-21(17)38-22)25(35)30-19(14-18-10-8-12-29-24(18)34)23(33)27(37)32-28(3,4)5/h6-7,9,11,15-16,18-20H,8,10,12-14H2,1-5H3,(H,29,34)(H,30,35)(H,31,36)(H,32,37)/t18-,19-,20-/m0/s1. The molecule has 1 aliphatic heterocycles. The summed E-state index contributed by atoms with van der Waals surface area (Å²) in [6.45, 7) is 9.58. The van der Waals surface area contributed by atoms with Gasteiger partial charge < -0.3 is 25.7 Å². The van der Waals surface area contributed by atoms with Crippen LogP contribution in [0.4, 0.5) is 0 Å². The predicted molar refractivity (Wildman–Crippen MR) is 142 cm³/mol. The molecule has 3 rings (SSSR count). The lowest BCUT2D eigenvalue weighted by atomic mass is 9.89. The van der Waals surface area contributed by atoms with Gasteiger partial charge >= 0.3 is 0 Å². The summed E-state index contributed by atoms with van der Waals surface area (Å²) in [5.41, 5.74) is -0.117. The quantitative estimate of drug-likeness (QED) is 0.350. The molecule has 2 heterocycles. The summed E-state index contributed by atoms with van der Waals surface area (Å²) in [6, 6.07) is 6.56. The zero-order valence-electron chi connectivity index (χ0n) is 22.7. The summed E-state index contributed by atoms with van der Waals surface area (Å²) < 4.78 is 5.63. The minimum atomic E-state index is -1.23. The second kappa shape index (κ2) is 12.2. The van der Waals surface area contributed by atoms with Crippen molar-refractivity contribution in [3.05, 3.63) is 36.1 Å². The Labute approximate surface area is 222 Å². The van der Waals surface area contributed by atoms with E-state index in [0.29, 0.717) is 18.5 Å². The largest absolute Gasteiger partial charge is 0.451 e. The maximum Gasteiger partial charge on any atom is 0.290 e. The number of Topliss-reactive ketones (excluding diaryl/α,β-unsaturated/α-hetero) is 1. The summed E-state index contributed by atoms with van der Waals surface area (Å²) in [5.74, 6) is -3.49. The normalized spacial score (nSPS) is 17.4. The molecule has 1 fully saturated rings. The molecule has 38 heavy (non-hydrogen) atoms. The van der Waals surface area contributed by atoms with E-state index >= 15 is 0 Å². The number of amides is 4. The van der Waals surface area contributed by atoms with Crippen LogP contribution in [0, 0.1) is 11.8 Å². The number of rotatable bonds is 10. The first-order valence-corrected chi connectivity index (χ1v) is 13.1. The SMILES string of the molecule is CC(C)C[C@H](NC(=O)c1cc2ccccc2o1)C(=O)N[C@@H](C[C@@H]1CCCNC1=O)C(=O)C(=O)NC(C)(C)C. The summed E-state index contributed by atoms with van der Waals surface area (Å²) in [4.78, 5) is 64.7. The first-order chi connectivity index (χ1) is 17.8. The highest BCUT2D eigenvalue weighted by Crippen LogP contribution is 2.20. The van der Waals surface area contributed by atoms with Gasteiger partial charge in [-0.3, -0.25) is 24.0 Å². The Morgan fingerprint density at radius 1 is 1.08 bits per heavy atom. The third-order valence-corrected chi connectivity index (χ3v) is 6.24. The van der Waals surface area contributed by atoms with Gasteiger partial charge in [0.25, 0.3) is 11.8 Å². The van der Waals surface area contributed by atoms with E-state index in [1.165, 1.54) is 0 Å². The van der Waals surface area contributed by atoms with Gasteiger partial charge in [0, 0.05) is 23.4 Å². The van der Waals surface area contributed by atoms with E-state index in [1.807, 2.05) is 26.0 Å². The van der Waals surface area contributed by atoms with E-state index < -0.39 is 47.0 Å². The van der Waals surface area contributed by atoms with Crippen molar-refractivity contribution in [1.29, 1.82) is 0 Å². The molecule has 0 saturated carbocycles. The Kier molecular flexibility index (Phi) is 9.30. The maximum atomic E-state index is 13.4. The van der Waals surface area contributed by atoms with E-state index in [-0.39, 0.29) is 30.4 Å². The first kappa shape index (κ1) is 28.9. The van der Waals surface area contributed by atoms with Crippen molar-refractivity contribution in [2.45, 2.75) is 77.9 Å². The van der Waals surface area contributed by atoms with Crippen LogP contribution in [-0.4, -0.2) is 53.6 Å². The van der Waals surface area contributed by atoms with Crippen LogP contribution in [0.5, 0.6) is 0 Å². The van der Waals surface area contributed by atoms with Gasteiger partial charge in [-0.1, -0.05) is 32.0 Å². The van der Waals surface area contributed by atoms with Gasteiger partial charge in [0.1, 0.15) is 11.6 Å². The summed E-state index contributed by atoms with van der Waals surface area (Å²) in [7, 11) is 0. The lowest BCUT2D eigenvalue weighted by Crippen LogP contribution is -2.56.